The summed E-state index contributed by atoms with van der Waals surface area (Å²) in [6.45, 7) is 3.20. The highest BCUT2D eigenvalue weighted by molar-refractivity contribution is 5.43. The van der Waals surface area contributed by atoms with Crippen molar-refractivity contribution in [1.82, 2.24) is 9.88 Å². The molecular weight excluding hydrogens is 365 g/mol. The Morgan fingerprint density at radius 1 is 1.11 bits per heavy atom. The van der Waals surface area contributed by atoms with Gasteiger partial charge in [-0.15, -0.1) is 0 Å². The number of hydrogen-bond acceptors (Lipinski definition) is 4. The highest BCUT2D eigenvalue weighted by atomic mass is 19.4. The lowest BCUT2D eigenvalue weighted by molar-refractivity contribution is -0.137. The van der Waals surface area contributed by atoms with Crippen molar-refractivity contribution in [3.63, 3.8) is 0 Å². The van der Waals surface area contributed by atoms with Crippen LogP contribution in [0, 0.1) is 17.2 Å². The minimum absolute atomic E-state index is 0.306. The third-order valence-electron chi connectivity index (χ3n) is 5.84. The number of hydrogen-bond donors (Lipinski definition) is 0. The smallest absolute Gasteiger partial charge is 0.355 e. The molecule has 2 saturated heterocycles. The summed E-state index contributed by atoms with van der Waals surface area (Å²) in [5.41, 5.74) is 1.14. The molecule has 7 heteroatoms. The van der Waals surface area contributed by atoms with Crippen molar-refractivity contribution in [2.75, 3.05) is 24.5 Å². The zero-order chi connectivity index (χ0) is 19.7. The normalized spacial score (nSPS) is 22.7. The Morgan fingerprint density at radius 2 is 1.86 bits per heavy atom. The molecule has 1 aromatic carbocycles. The number of alkyl halides is 3. The van der Waals surface area contributed by atoms with E-state index in [0.717, 1.165) is 50.2 Å². The van der Waals surface area contributed by atoms with E-state index in [-0.39, 0.29) is 0 Å². The van der Waals surface area contributed by atoms with E-state index >= 15 is 0 Å². The summed E-state index contributed by atoms with van der Waals surface area (Å²) in [5, 5.41) is 8.93. The number of piperidine rings is 1. The average molecular weight is 386 g/mol. The van der Waals surface area contributed by atoms with Gasteiger partial charge in [-0.25, -0.2) is 4.98 Å². The Bertz CT molecular complexity index is 872. The standard InChI is InChI=1S/C21H21F3N4/c22-21(23,24)18-5-8-26-20(11-18)28-10-7-17-6-9-27(19(17)14-28)13-16-3-1-15(12-25)2-4-16/h1-5,8,11,17,19H,6-7,9-10,13-14H2. The molecule has 0 radical (unpaired) electrons. The van der Waals surface area contributed by atoms with E-state index in [4.69, 9.17) is 5.26 Å². The lowest BCUT2D eigenvalue weighted by Gasteiger charge is -2.39. The van der Waals surface area contributed by atoms with Crippen LogP contribution < -0.4 is 4.90 Å². The van der Waals surface area contributed by atoms with Crippen molar-refractivity contribution >= 4 is 5.82 Å². The Morgan fingerprint density at radius 3 is 2.57 bits per heavy atom. The van der Waals surface area contributed by atoms with Crippen molar-refractivity contribution in [2.24, 2.45) is 5.92 Å². The molecule has 2 aromatic rings. The fraction of sp³-hybridized carbons (Fsp3) is 0.429. The van der Waals surface area contributed by atoms with Gasteiger partial charge in [-0.2, -0.15) is 18.4 Å². The van der Waals surface area contributed by atoms with Crippen LogP contribution in [0.5, 0.6) is 0 Å². The van der Waals surface area contributed by atoms with Gasteiger partial charge in [-0.3, -0.25) is 4.90 Å². The number of benzene rings is 1. The molecule has 3 heterocycles. The highest BCUT2D eigenvalue weighted by Gasteiger charge is 2.39. The molecule has 146 valence electrons. The minimum atomic E-state index is -4.36. The summed E-state index contributed by atoms with van der Waals surface area (Å²) >= 11 is 0. The Hall–Kier alpha value is -2.59. The molecule has 0 spiro atoms. The van der Waals surface area contributed by atoms with Crippen LogP contribution in [0.1, 0.15) is 29.5 Å². The first kappa shape index (κ1) is 18.8. The van der Waals surface area contributed by atoms with Crippen LogP contribution in [-0.2, 0) is 12.7 Å². The first-order valence-corrected chi connectivity index (χ1v) is 9.45. The zero-order valence-electron chi connectivity index (χ0n) is 15.4. The first-order chi connectivity index (χ1) is 13.4. The molecule has 2 unspecified atom stereocenters. The minimum Gasteiger partial charge on any atom is -0.355 e. The van der Waals surface area contributed by atoms with Gasteiger partial charge in [-0.1, -0.05) is 12.1 Å². The summed E-state index contributed by atoms with van der Waals surface area (Å²) in [6.07, 6.45) is -1.03. The second-order valence-corrected chi connectivity index (χ2v) is 7.53. The number of rotatable bonds is 3. The third kappa shape index (κ3) is 3.83. The summed E-state index contributed by atoms with van der Waals surface area (Å²) in [5.74, 6) is 0.971. The van der Waals surface area contributed by atoms with E-state index in [1.54, 1.807) is 0 Å². The number of aromatic nitrogens is 1. The van der Waals surface area contributed by atoms with Gasteiger partial charge in [0.1, 0.15) is 5.82 Å². The molecule has 0 saturated carbocycles. The maximum atomic E-state index is 13.0. The number of halogens is 3. The van der Waals surface area contributed by atoms with E-state index < -0.39 is 11.7 Å². The van der Waals surface area contributed by atoms with Gasteiger partial charge in [-0.05, 0) is 55.1 Å². The van der Waals surface area contributed by atoms with Gasteiger partial charge >= 0.3 is 6.18 Å². The van der Waals surface area contributed by atoms with Gasteiger partial charge in [0.05, 0.1) is 17.2 Å². The van der Waals surface area contributed by atoms with Crippen LogP contribution in [0.25, 0.3) is 0 Å². The van der Waals surface area contributed by atoms with Crippen molar-refractivity contribution in [2.45, 2.75) is 31.6 Å². The molecule has 4 rings (SSSR count). The van der Waals surface area contributed by atoms with E-state index in [1.165, 1.54) is 6.20 Å². The molecule has 28 heavy (non-hydrogen) atoms. The zero-order valence-corrected chi connectivity index (χ0v) is 15.4. The maximum Gasteiger partial charge on any atom is 0.416 e. The third-order valence-corrected chi connectivity index (χ3v) is 5.84. The molecule has 1 aromatic heterocycles. The predicted octanol–water partition coefficient (Wildman–Crippen LogP) is 4.07. The molecule has 2 atom stereocenters. The van der Waals surface area contributed by atoms with E-state index in [1.807, 2.05) is 29.2 Å². The number of nitriles is 1. The highest BCUT2D eigenvalue weighted by Crippen LogP contribution is 2.36. The lowest BCUT2D eigenvalue weighted by Crippen LogP contribution is -2.48. The molecule has 0 N–H and O–H groups in total. The maximum absolute atomic E-state index is 13.0. The van der Waals surface area contributed by atoms with Crippen LogP contribution >= 0.6 is 0 Å². The second kappa shape index (κ2) is 7.44. The summed E-state index contributed by atoms with van der Waals surface area (Å²) in [7, 11) is 0. The fourth-order valence-electron chi connectivity index (χ4n) is 4.32. The lowest BCUT2D eigenvalue weighted by atomic mass is 9.92. The van der Waals surface area contributed by atoms with Gasteiger partial charge in [0.2, 0.25) is 0 Å². The topological polar surface area (TPSA) is 43.2 Å². The van der Waals surface area contributed by atoms with Crippen LogP contribution in [0.3, 0.4) is 0 Å². The summed E-state index contributed by atoms with van der Waals surface area (Å²) in [6, 6.07) is 12.2. The molecule has 2 aliphatic heterocycles. The molecule has 0 amide bonds. The number of nitrogens with zero attached hydrogens (tertiary/aromatic N) is 4. The summed E-state index contributed by atoms with van der Waals surface area (Å²) in [4.78, 5) is 8.58. The second-order valence-electron chi connectivity index (χ2n) is 7.53. The van der Waals surface area contributed by atoms with Gasteiger partial charge in [0.15, 0.2) is 0 Å². The fourth-order valence-corrected chi connectivity index (χ4v) is 4.32. The average Bonchev–Trinajstić information content (AvgIpc) is 3.10. The Kier molecular flexibility index (Phi) is 4.98. The molecule has 4 nitrogen and oxygen atoms in total. The monoisotopic (exact) mass is 386 g/mol. The van der Waals surface area contributed by atoms with Crippen molar-refractivity contribution < 1.29 is 13.2 Å². The molecule has 0 aliphatic carbocycles. The number of fused-ring (bicyclic) bond motifs is 1. The summed E-state index contributed by atoms with van der Waals surface area (Å²) < 4.78 is 39.1. The number of likely N-dealkylation sites (tertiary alicyclic amines) is 1. The Labute approximate surface area is 162 Å². The van der Waals surface area contributed by atoms with E-state index in [2.05, 4.69) is 16.0 Å². The van der Waals surface area contributed by atoms with Crippen LogP contribution in [-0.4, -0.2) is 35.6 Å². The number of pyridine rings is 1. The van der Waals surface area contributed by atoms with Gasteiger partial charge in [0.25, 0.3) is 0 Å². The van der Waals surface area contributed by atoms with Crippen molar-refractivity contribution in [3.05, 3.63) is 59.3 Å². The van der Waals surface area contributed by atoms with Gasteiger partial charge in [0, 0.05) is 31.9 Å². The molecule has 0 bridgehead atoms. The number of anilines is 1. The van der Waals surface area contributed by atoms with Gasteiger partial charge < -0.3 is 4.90 Å². The van der Waals surface area contributed by atoms with Crippen LogP contribution in [0.4, 0.5) is 19.0 Å². The van der Waals surface area contributed by atoms with E-state index in [0.29, 0.717) is 29.9 Å². The molecule has 2 aliphatic rings. The van der Waals surface area contributed by atoms with Crippen LogP contribution in [0.15, 0.2) is 42.6 Å². The largest absolute Gasteiger partial charge is 0.416 e. The SMILES string of the molecule is N#Cc1ccc(CN2CCC3CCN(c4cc(C(F)(F)F)ccn4)CC32)cc1. The molecule has 2 fully saturated rings. The van der Waals surface area contributed by atoms with Crippen molar-refractivity contribution in [1.29, 1.82) is 5.26 Å². The van der Waals surface area contributed by atoms with E-state index in [9.17, 15) is 13.2 Å². The van der Waals surface area contributed by atoms with Crippen LogP contribution in [0.2, 0.25) is 0 Å². The Balaban J connectivity index is 1.48. The molecular formula is C21H21F3N4. The predicted molar refractivity (Wildman–Crippen MR) is 99.5 cm³/mol. The quantitative estimate of drug-likeness (QED) is 0.798. The first-order valence-electron chi connectivity index (χ1n) is 9.45. The van der Waals surface area contributed by atoms with Crippen molar-refractivity contribution in [3.8, 4) is 6.07 Å².